The second kappa shape index (κ2) is 15.5. The fourth-order valence-electron chi connectivity index (χ4n) is 7.93. The predicted octanol–water partition coefficient (Wildman–Crippen LogP) is 4.36. The van der Waals surface area contributed by atoms with Crippen molar-refractivity contribution < 1.29 is 27.4 Å². The van der Waals surface area contributed by atoms with Gasteiger partial charge in [0, 0.05) is 87.7 Å². The van der Waals surface area contributed by atoms with E-state index in [1.165, 1.54) is 18.0 Å². The third-order valence-electron chi connectivity index (χ3n) is 10.8. The Kier molecular flexibility index (Phi) is 10.8. The molecule has 3 fully saturated rings. The second-order valence-corrected chi connectivity index (χ2v) is 15.0. The van der Waals surface area contributed by atoms with Gasteiger partial charge in [-0.2, -0.15) is 0 Å². The SMILES string of the molecule is CC(C)N(CC(F)F)C(=O)c1cc(F)ccc1Oc1nncnc1N1CC2(CC(Oc3ccnc4c3CN(CCCN3CCN(C)CC3)CC4)C2)C1. The lowest BCUT2D eigenvalue weighted by Crippen LogP contribution is -2.65. The molecule has 1 spiro atoms. The first kappa shape index (κ1) is 36.3. The van der Waals surface area contributed by atoms with Gasteiger partial charge >= 0.3 is 0 Å². The van der Waals surface area contributed by atoms with Gasteiger partial charge in [-0.15, -0.1) is 10.2 Å². The van der Waals surface area contributed by atoms with Gasteiger partial charge < -0.3 is 29.1 Å². The van der Waals surface area contributed by atoms with E-state index in [9.17, 15) is 18.0 Å². The third kappa shape index (κ3) is 8.11. The van der Waals surface area contributed by atoms with Crippen LogP contribution >= 0.6 is 0 Å². The van der Waals surface area contributed by atoms with Gasteiger partial charge in [-0.1, -0.05) is 0 Å². The highest BCUT2D eigenvalue weighted by atomic mass is 19.3. The van der Waals surface area contributed by atoms with Gasteiger partial charge in [0.25, 0.3) is 18.2 Å². The molecule has 0 atom stereocenters. The molecule has 5 heterocycles. The Balaban J connectivity index is 0.943. The second-order valence-electron chi connectivity index (χ2n) is 15.0. The summed E-state index contributed by atoms with van der Waals surface area (Å²) in [5.41, 5.74) is 2.23. The van der Waals surface area contributed by atoms with E-state index < -0.39 is 30.7 Å². The van der Waals surface area contributed by atoms with Crippen molar-refractivity contribution in [1.29, 1.82) is 0 Å². The molecule has 7 rings (SSSR count). The lowest BCUT2D eigenvalue weighted by molar-refractivity contribution is -0.0353. The highest BCUT2D eigenvalue weighted by Gasteiger charge is 2.54. The van der Waals surface area contributed by atoms with Gasteiger partial charge in [-0.25, -0.2) is 18.2 Å². The van der Waals surface area contributed by atoms with Crippen molar-refractivity contribution in [2.75, 3.05) is 77.4 Å². The topological polar surface area (TPSA) is 103 Å². The van der Waals surface area contributed by atoms with Crippen molar-refractivity contribution in [3.63, 3.8) is 0 Å². The number of hydrogen-bond donors (Lipinski definition) is 0. The number of anilines is 1. The number of ether oxygens (including phenoxy) is 2. The Hall–Kier alpha value is -4.08. The standard InChI is InChI=1S/C37H48F3N9O3/c1-25(2)49(21-33(39)40)36(50)28-17-26(38)5-6-31(28)52-35-34(42-24-43-44-35)48-22-37(23-48)18-27(19-37)51-32-7-9-41-30-8-12-47(20-29(30)32)11-4-10-46-15-13-45(3)14-16-46/h5-7,9,17,24-25,27,33H,4,8,10-16,18-23H2,1-3H3. The molecule has 1 aromatic carbocycles. The van der Waals surface area contributed by atoms with Crippen molar-refractivity contribution in [1.82, 2.24) is 39.8 Å². The van der Waals surface area contributed by atoms with Crippen LogP contribution in [0.3, 0.4) is 0 Å². The van der Waals surface area contributed by atoms with Gasteiger partial charge in [0.1, 0.15) is 29.7 Å². The maximum absolute atomic E-state index is 14.3. The maximum atomic E-state index is 14.3. The molecular weight excluding hydrogens is 675 g/mol. The van der Waals surface area contributed by atoms with Gasteiger partial charge in [0.2, 0.25) is 0 Å². The summed E-state index contributed by atoms with van der Waals surface area (Å²) in [6.45, 7) is 12.6. The number of carbonyl (C=O) groups is 1. The largest absolute Gasteiger partial charge is 0.490 e. The molecule has 0 bridgehead atoms. The van der Waals surface area contributed by atoms with Gasteiger partial charge in [-0.05, 0) is 77.5 Å². The molecule has 1 amide bonds. The summed E-state index contributed by atoms with van der Waals surface area (Å²) in [6.07, 6.45) is 4.43. The summed E-state index contributed by atoms with van der Waals surface area (Å²) < 4.78 is 53.6. The zero-order valence-corrected chi connectivity index (χ0v) is 30.2. The van der Waals surface area contributed by atoms with E-state index in [1.807, 2.05) is 17.2 Å². The number of amides is 1. The van der Waals surface area contributed by atoms with Gasteiger partial charge in [0.15, 0.2) is 5.82 Å². The smallest absolute Gasteiger partial charge is 0.282 e. The first-order valence-corrected chi connectivity index (χ1v) is 18.3. The molecule has 0 N–H and O–H groups in total. The van der Waals surface area contributed by atoms with E-state index in [0.717, 1.165) is 107 Å². The Morgan fingerprint density at radius 1 is 1.02 bits per heavy atom. The predicted molar refractivity (Wildman–Crippen MR) is 189 cm³/mol. The first-order valence-electron chi connectivity index (χ1n) is 18.3. The number of benzene rings is 1. The van der Waals surface area contributed by atoms with E-state index in [4.69, 9.17) is 9.47 Å². The minimum atomic E-state index is -2.75. The molecule has 0 radical (unpaired) electrons. The molecular formula is C37H48F3N9O3. The minimum Gasteiger partial charge on any atom is -0.490 e. The zero-order chi connectivity index (χ0) is 36.4. The van der Waals surface area contributed by atoms with E-state index in [-0.39, 0.29) is 28.7 Å². The molecule has 2 saturated heterocycles. The highest BCUT2D eigenvalue weighted by molar-refractivity contribution is 5.97. The Bertz CT molecular complexity index is 1710. The molecule has 15 heteroatoms. The van der Waals surface area contributed by atoms with Crippen LogP contribution in [-0.2, 0) is 13.0 Å². The average Bonchev–Trinajstić information content (AvgIpc) is 3.09. The molecule has 1 aliphatic carbocycles. The monoisotopic (exact) mass is 723 g/mol. The molecule has 3 aliphatic heterocycles. The van der Waals surface area contributed by atoms with Gasteiger partial charge in [0.05, 0.1) is 12.1 Å². The summed E-state index contributed by atoms with van der Waals surface area (Å²) in [4.78, 5) is 33.0. The van der Waals surface area contributed by atoms with Crippen molar-refractivity contribution in [2.24, 2.45) is 5.41 Å². The fourth-order valence-corrected chi connectivity index (χ4v) is 7.93. The maximum Gasteiger partial charge on any atom is 0.282 e. The lowest BCUT2D eigenvalue weighted by Gasteiger charge is -2.58. The average molecular weight is 724 g/mol. The van der Waals surface area contributed by atoms with Crippen LogP contribution in [0.1, 0.15) is 54.7 Å². The molecule has 3 aromatic rings. The van der Waals surface area contributed by atoms with E-state index in [1.54, 1.807) is 13.8 Å². The summed E-state index contributed by atoms with van der Waals surface area (Å²) >= 11 is 0. The van der Waals surface area contributed by atoms with Crippen LogP contribution < -0.4 is 14.4 Å². The number of fused-ring (bicyclic) bond motifs is 1. The molecule has 52 heavy (non-hydrogen) atoms. The normalized spacial score (nSPS) is 19.4. The summed E-state index contributed by atoms with van der Waals surface area (Å²) in [7, 11) is 2.19. The molecule has 280 valence electrons. The number of rotatable bonds is 13. The van der Waals surface area contributed by atoms with Crippen LogP contribution in [0, 0.1) is 11.2 Å². The molecule has 2 aromatic heterocycles. The Labute approximate surface area is 302 Å². The number of carbonyl (C=O) groups excluding carboxylic acids is 1. The van der Waals surface area contributed by atoms with E-state index in [2.05, 4.69) is 41.9 Å². The highest BCUT2D eigenvalue weighted by Crippen LogP contribution is 2.52. The molecule has 4 aliphatic rings. The van der Waals surface area contributed by atoms with Gasteiger partial charge in [-0.3, -0.25) is 14.7 Å². The van der Waals surface area contributed by atoms with Crippen LogP contribution in [0.15, 0.2) is 36.8 Å². The number of nitrogens with zero attached hydrogens (tertiary/aromatic N) is 9. The fraction of sp³-hybridized carbons (Fsp3) is 0.595. The molecule has 0 unspecified atom stereocenters. The van der Waals surface area contributed by atoms with Crippen molar-refractivity contribution in [3.8, 4) is 17.4 Å². The zero-order valence-electron chi connectivity index (χ0n) is 30.2. The number of pyridine rings is 1. The van der Waals surface area contributed by atoms with Crippen LogP contribution in [0.4, 0.5) is 19.0 Å². The number of halogens is 3. The number of hydrogen-bond acceptors (Lipinski definition) is 11. The summed E-state index contributed by atoms with van der Waals surface area (Å²) in [5, 5.41) is 8.00. The van der Waals surface area contributed by atoms with Crippen LogP contribution in [0.5, 0.6) is 17.4 Å². The van der Waals surface area contributed by atoms with Crippen molar-refractivity contribution in [3.05, 3.63) is 59.4 Å². The van der Waals surface area contributed by atoms with E-state index in [0.29, 0.717) is 18.9 Å². The summed E-state index contributed by atoms with van der Waals surface area (Å²) in [5.74, 6) is -0.0487. The Morgan fingerprint density at radius 2 is 1.79 bits per heavy atom. The van der Waals surface area contributed by atoms with E-state index >= 15 is 0 Å². The van der Waals surface area contributed by atoms with Crippen LogP contribution in [0.25, 0.3) is 0 Å². The minimum absolute atomic E-state index is 0.0171. The Morgan fingerprint density at radius 3 is 2.54 bits per heavy atom. The number of piperazine rings is 1. The first-order chi connectivity index (χ1) is 25.1. The van der Waals surface area contributed by atoms with Crippen LogP contribution in [0.2, 0.25) is 0 Å². The molecule has 12 nitrogen and oxygen atoms in total. The number of aromatic nitrogens is 4. The molecule has 1 saturated carbocycles. The van der Waals surface area contributed by atoms with Crippen molar-refractivity contribution >= 4 is 11.7 Å². The third-order valence-corrected chi connectivity index (χ3v) is 10.8. The lowest BCUT2D eigenvalue weighted by atomic mass is 9.61. The number of alkyl halides is 2. The van der Waals surface area contributed by atoms with Crippen molar-refractivity contribution in [2.45, 2.75) is 64.6 Å². The summed E-state index contributed by atoms with van der Waals surface area (Å²) in [6, 6.07) is 4.88. The number of likely N-dealkylation sites (N-methyl/N-ethyl adjacent to an activating group) is 1. The van der Waals surface area contributed by atoms with Crippen LogP contribution in [-0.4, -0.2) is 137 Å². The quantitative estimate of drug-likeness (QED) is 0.252.